The molecule has 3 nitrogen and oxygen atoms in total. The van der Waals surface area contributed by atoms with Crippen LogP contribution in [0.1, 0.15) is 8.35 Å². The second-order valence-corrected chi connectivity index (χ2v) is 0.856. The molecule has 0 rings (SSSR count). The van der Waals surface area contributed by atoms with Crippen molar-refractivity contribution in [2.45, 2.75) is 6.92 Å². The summed E-state index contributed by atoms with van der Waals surface area (Å²) >= 11 is 0. The molecule has 0 aromatic rings. The van der Waals surface area contributed by atoms with Gasteiger partial charge in [-0.2, -0.15) is 0 Å². The van der Waals surface area contributed by atoms with Crippen LogP contribution in [0.5, 0.6) is 0 Å². The molecule has 0 bridgehead atoms. The number of nitrogens with zero attached hydrogens (tertiary/aromatic N) is 1. The summed E-state index contributed by atoms with van der Waals surface area (Å²) in [6.45, 7) is 1.23. The van der Waals surface area contributed by atoms with Gasteiger partial charge >= 0.3 is 37.0 Å². The molecule has 0 spiro atoms. The van der Waals surface area contributed by atoms with Crippen molar-refractivity contribution < 1.29 is 40.4 Å². The first-order valence-electron chi connectivity index (χ1n) is 1.66. The zero-order chi connectivity index (χ0) is 5.70. The summed E-state index contributed by atoms with van der Waals surface area (Å²) in [5.74, 6) is 1.06. The van der Waals surface area contributed by atoms with E-state index in [-0.39, 0.29) is 31.0 Å². The van der Waals surface area contributed by atoms with Gasteiger partial charge in [-0.3, -0.25) is 4.79 Å². The number of hydrogen-bond acceptors (Lipinski definition) is 3. The van der Waals surface area contributed by atoms with E-state index in [0.29, 0.717) is 0 Å². The van der Waals surface area contributed by atoms with Gasteiger partial charge in [0.05, 0.1) is 5.97 Å². The molecule has 0 aliphatic carbocycles. The van der Waals surface area contributed by atoms with Gasteiger partial charge in [-0.15, -0.1) is 0 Å². The van der Waals surface area contributed by atoms with E-state index in [1.807, 2.05) is 0 Å². The van der Waals surface area contributed by atoms with Crippen LogP contribution in [0.15, 0.2) is 0 Å². The fraction of sp³-hybridized carbons (Fsp3) is 0.333. The van der Waals surface area contributed by atoms with Gasteiger partial charge in [-0.1, -0.05) is 0 Å². The van der Waals surface area contributed by atoms with E-state index in [4.69, 9.17) is 5.26 Å². The minimum atomic E-state index is -0.471. The van der Waals surface area contributed by atoms with Gasteiger partial charge in [0.1, 0.15) is 0 Å². The van der Waals surface area contributed by atoms with Crippen LogP contribution < -0.4 is 29.6 Å². The van der Waals surface area contributed by atoms with E-state index >= 15 is 0 Å². The van der Waals surface area contributed by atoms with Gasteiger partial charge < -0.3 is 6.08 Å². The Morgan fingerprint density at radius 3 is 2.62 bits per heavy atom. The smallest absolute Gasteiger partial charge is 1.00 e. The molecule has 37 valence electrons. The normalized spacial score (nSPS) is 5.50. The van der Waals surface area contributed by atoms with E-state index in [2.05, 4.69) is 4.65 Å². The van der Waals surface area contributed by atoms with E-state index in [1.165, 1.54) is 12.9 Å². The standard InChI is InChI=1S/C3H3BNO2.Na.H/c1-3(6)7-4-2-5;;/h1H3;;/q;+1;-1. The topological polar surface area (TPSA) is 50.1 Å². The molecular formula is C3H4BNNaO2. The number of carbonyl (C=O) groups is 1. The molecule has 1 radical (unpaired) electrons. The van der Waals surface area contributed by atoms with Crippen LogP contribution in [0.4, 0.5) is 0 Å². The van der Waals surface area contributed by atoms with Crippen LogP contribution >= 0.6 is 0 Å². The molecule has 0 aliphatic heterocycles. The Balaban J connectivity index is -0.000000180. The van der Waals surface area contributed by atoms with Gasteiger partial charge in [0.15, 0.2) is 0 Å². The maximum absolute atomic E-state index is 9.80. The molecular weight excluding hydrogens is 116 g/mol. The van der Waals surface area contributed by atoms with E-state index in [9.17, 15) is 4.79 Å². The van der Waals surface area contributed by atoms with Gasteiger partial charge in [-0.05, 0) is 0 Å². The Morgan fingerprint density at radius 2 is 2.50 bits per heavy atom. The maximum Gasteiger partial charge on any atom is 1.00 e. The predicted octanol–water partition coefficient (Wildman–Crippen LogP) is -3.23. The van der Waals surface area contributed by atoms with Crippen LogP contribution in [0.3, 0.4) is 0 Å². The first-order chi connectivity index (χ1) is 3.27. The average Bonchev–Trinajstić information content (AvgIpc) is 1.61. The first kappa shape index (κ1) is 10.9. The Labute approximate surface area is 72.1 Å². The number of rotatable bonds is 1. The van der Waals surface area contributed by atoms with Crippen LogP contribution in [0.2, 0.25) is 0 Å². The average molecular weight is 120 g/mol. The molecule has 0 amide bonds. The fourth-order valence-electron chi connectivity index (χ4n) is 0.109. The Bertz CT molecular complexity index is 115. The summed E-state index contributed by atoms with van der Waals surface area (Å²) in [6.07, 6.45) is 0. The zero-order valence-electron chi connectivity index (χ0n) is 5.84. The van der Waals surface area contributed by atoms with Crippen molar-refractivity contribution >= 4 is 13.5 Å². The van der Waals surface area contributed by atoms with Gasteiger partial charge in [0.25, 0.3) is 5.97 Å². The number of hydrogen-bond donors (Lipinski definition) is 0. The molecule has 8 heavy (non-hydrogen) atoms. The Hall–Kier alpha value is 0.0249. The van der Waals surface area contributed by atoms with E-state index in [0.717, 1.165) is 7.48 Å². The van der Waals surface area contributed by atoms with Gasteiger partial charge in [0, 0.05) is 6.92 Å². The summed E-state index contributed by atoms with van der Waals surface area (Å²) < 4.78 is 4.07. The molecule has 0 saturated heterocycles. The Kier molecular flexibility index (Phi) is 9.58. The molecule has 0 saturated carbocycles. The van der Waals surface area contributed by atoms with Crippen molar-refractivity contribution in [3.63, 3.8) is 0 Å². The van der Waals surface area contributed by atoms with Gasteiger partial charge in [0.2, 0.25) is 0 Å². The van der Waals surface area contributed by atoms with Crippen molar-refractivity contribution in [2.75, 3.05) is 0 Å². The molecule has 0 aromatic heterocycles. The minimum Gasteiger partial charge on any atom is -1.00 e. The number of nitriles is 1. The molecule has 0 aliphatic rings. The third-order valence-corrected chi connectivity index (χ3v) is 0.278. The molecule has 0 atom stereocenters. The molecule has 0 N–H and O–H groups in total. The van der Waals surface area contributed by atoms with Crippen LogP contribution in [0, 0.1) is 11.2 Å². The van der Waals surface area contributed by atoms with Crippen LogP contribution in [-0.4, -0.2) is 13.5 Å². The quantitative estimate of drug-likeness (QED) is 0.342. The first-order valence-corrected chi connectivity index (χ1v) is 1.66. The molecule has 0 fully saturated rings. The Morgan fingerprint density at radius 1 is 2.00 bits per heavy atom. The van der Waals surface area contributed by atoms with Crippen LogP contribution in [-0.2, 0) is 9.45 Å². The molecule has 5 heteroatoms. The molecule has 0 unspecified atom stereocenters. The molecule has 0 heterocycles. The van der Waals surface area contributed by atoms with Gasteiger partial charge in [-0.25, -0.2) is 5.26 Å². The van der Waals surface area contributed by atoms with Crippen molar-refractivity contribution in [2.24, 2.45) is 0 Å². The maximum atomic E-state index is 9.80. The summed E-state index contributed by atoms with van der Waals surface area (Å²) in [6, 6.07) is 0. The summed E-state index contributed by atoms with van der Waals surface area (Å²) in [4.78, 5) is 9.80. The van der Waals surface area contributed by atoms with E-state index < -0.39 is 5.97 Å². The van der Waals surface area contributed by atoms with Crippen molar-refractivity contribution in [3.8, 4) is 5.97 Å². The van der Waals surface area contributed by atoms with Crippen molar-refractivity contribution in [3.05, 3.63) is 0 Å². The summed E-state index contributed by atoms with van der Waals surface area (Å²) in [5, 5.41) is 7.73. The predicted molar refractivity (Wildman–Crippen MR) is 24.2 cm³/mol. The second kappa shape index (κ2) is 7.02. The third-order valence-electron chi connectivity index (χ3n) is 0.278. The van der Waals surface area contributed by atoms with Crippen molar-refractivity contribution in [1.82, 2.24) is 0 Å². The zero-order valence-corrected chi connectivity index (χ0v) is 6.84. The van der Waals surface area contributed by atoms with E-state index in [1.54, 1.807) is 0 Å². The SMILES string of the molecule is CC(=O)O[B]C#N.[H-].[Na+]. The van der Waals surface area contributed by atoms with Crippen LogP contribution in [0.25, 0.3) is 0 Å². The second-order valence-electron chi connectivity index (χ2n) is 0.856. The monoisotopic (exact) mass is 120 g/mol. The molecule has 0 aromatic carbocycles. The largest absolute Gasteiger partial charge is 1.00 e. The third kappa shape index (κ3) is 9.39. The number of carbonyl (C=O) groups excluding carboxylic acids is 1. The minimum absolute atomic E-state index is 0. The fourth-order valence-corrected chi connectivity index (χ4v) is 0.109. The summed E-state index contributed by atoms with van der Waals surface area (Å²) in [7, 11) is 0.780. The summed E-state index contributed by atoms with van der Waals surface area (Å²) in [5.41, 5.74) is 0. The van der Waals surface area contributed by atoms with Crippen molar-refractivity contribution in [1.29, 1.82) is 5.26 Å².